The van der Waals surface area contributed by atoms with Crippen molar-refractivity contribution in [3.63, 3.8) is 0 Å². The highest BCUT2D eigenvalue weighted by Gasteiger charge is 2.12. The lowest BCUT2D eigenvalue weighted by Crippen LogP contribution is -2.14. The topological polar surface area (TPSA) is 86.2 Å². The molecule has 0 aliphatic carbocycles. The van der Waals surface area contributed by atoms with Gasteiger partial charge in [-0.15, -0.1) is 11.8 Å². The zero-order valence-electron chi connectivity index (χ0n) is 9.14. The van der Waals surface area contributed by atoms with Crippen molar-refractivity contribution in [1.29, 1.82) is 0 Å². The molecule has 1 rings (SSSR count). The zero-order chi connectivity index (χ0) is 12.2. The third kappa shape index (κ3) is 3.70. The van der Waals surface area contributed by atoms with Gasteiger partial charge in [0.1, 0.15) is 4.90 Å². The molecule has 1 aromatic rings. The Labute approximate surface area is 100 Å². The number of primary sulfonamides is 1. The molecule has 0 saturated carbocycles. The Bertz CT molecular complexity index is 458. The number of benzene rings is 1. The third-order valence-electron chi connectivity index (χ3n) is 2.05. The van der Waals surface area contributed by atoms with Crippen LogP contribution >= 0.6 is 11.8 Å². The Hall–Kier alpha value is -0.720. The van der Waals surface area contributed by atoms with Crippen molar-refractivity contribution in [3.8, 4) is 0 Å². The summed E-state index contributed by atoms with van der Waals surface area (Å²) in [6.07, 6.45) is 2.26. The van der Waals surface area contributed by atoms with Crippen molar-refractivity contribution >= 4 is 27.5 Å². The minimum atomic E-state index is -3.71. The maximum absolute atomic E-state index is 11.1. The monoisotopic (exact) mass is 260 g/mol. The Balaban J connectivity index is 2.83. The quantitative estimate of drug-likeness (QED) is 0.480. The van der Waals surface area contributed by atoms with Crippen LogP contribution in [0.4, 0.5) is 5.69 Å². The molecule has 16 heavy (non-hydrogen) atoms. The summed E-state index contributed by atoms with van der Waals surface area (Å²) in [7, 11) is -3.71. The maximum atomic E-state index is 11.1. The molecule has 0 heterocycles. The first-order chi connectivity index (χ1) is 7.45. The van der Waals surface area contributed by atoms with Crippen LogP contribution in [-0.4, -0.2) is 14.2 Å². The molecular weight excluding hydrogens is 244 g/mol. The first-order valence-corrected chi connectivity index (χ1v) is 7.53. The number of sulfonamides is 1. The molecule has 0 spiro atoms. The van der Waals surface area contributed by atoms with E-state index in [0.717, 1.165) is 23.5 Å². The Kier molecular flexibility index (Phi) is 4.64. The third-order valence-corrected chi connectivity index (χ3v) is 4.12. The minimum Gasteiger partial charge on any atom is -0.398 e. The Morgan fingerprint density at radius 1 is 1.38 bits per heavy atom. The minimum absolute atomic E-state index is 0.00709. The first-order valence-electron chi connectivity index (χ1n) is 5.00. The number of thioether (sulfide) groups is 1. The highest BCUT2D eigenvalue weighted by molar-refractivity contribution is 7.99. The number of nitrogen functional groups attached to an aromatic ring is 1. The van der Waals surface area contributed by atoms with Crippen LogP contribution in [0.25, 0.3) is 0 Å². The van der Waals surface area contributed by atoms with Crippen LogP contribution in [0.5, 0.6) is 0 Å². The molecule has 0 aliphatic rings. The average Bonchev–Trinajstić information content (AvgIpc) is 2.16. The number of unbranched alkanes of at least 4 members (excludes halogenated alkanes) is 1. The van der Waals surface area contributed by atoms with Gasteiger partial charge in [0, 0.05) is 4.90 Å². The standard InChI is InChI=1S/C10H16N2O2S2/c1-2-3-6-15-8-4-5-10(9(11)7-8)16(12,13)14/h4-5,7H,2-3,6,11H2,1H3,(H2,12,13,14). The summed E-state index contributed by atoms with van der Waals surface area (Å²) >= 11 is 1.66. The van der Waals surface area contributed by atoms with Crippen LogP contribution < -0.4 is 10.9 Å². The largest absolute Gasteiger partial charge is 0.398 e. The molecule has 0 unspecified atom stereocenters. The van der Waals surface area contributed by atoms with Crippen LogP contribution in [0.2, 0.25) is 0 Å². The van der Waals surface area contributed by atoms with Crippen molar-refractivity contribution in [2.45, 2.75) is 29.6 Å². The second-order valence-electron chi connectivity index (χ2n) is 3.45. The van der Waals surface area contributed by atoms with Gasteiger partial charge < -0.3 is 5.73 Å². The van der Waals surface area contributed by atoms with Gasteiger partial charge in [0.2, 0.25) is 10.0 Å². The summed E-state index contributed by atoms with van der Waals surface area (Å²) in [6, 6.07) is 4.84. The number of hydrogen-bond donors (Lipinski definition) is 2. The maximum Gasteiger partial charge on any atom is 0.240 e. The van der Waals surface area contributed by atoms with E-state index in [9.17, 15) is 8.42 Å². The lowest BCUT2D eigenvalue weighted by atomic mass is 10.3. The smallest absolute Gasteiger partial charge is 0.240 e. The van der Waals surface area contributed by atoms with Gasteiger partial charge in [0.15, 0.2) is 0 Å². The van der Waals surface area contributed by atoms with Gasteiger partial charge >= 0.3 is 0 Å². The molecule has 0 radical (unpaired) electrons. The molecule has 0 fully saturated rings. The van der Waals surface area contributed by atoms with E-state index in [1.54, 1.807) is 23.9 Å². The highest BCUT2D eigenvalue weighted by atomic mass is 32.2. The van der Waals surface area contributed by atoms with Crippen molar-refractivity contribution in [3.05, 3.63) is 18.2 Å². The van der Waals surface area contributed by atoms with Crippen LogP contribution in [0, 0.1) is 0 Å². The molecule has 90 valence electrons. The van der Waals surface area contributed by atoms with Gasteiger partial charge in [-0.05, 0) is 30.4 Å². The molecule has 4 N–H and O–H groups in total. The predicted molar refractivity (Wildman–Crippen MR) is 67.9 cm³/mol. The van der Waals surface area contributed by atoms with Crippen LogP contribution in [0.3, 0.4) is 0 Å². The normalized spacial score (nSPS) is 11.6. The average molecular weight is 260 g/mol. The van der Waals surface area contributed by atoms with Crippen LogP contribution in [-0.2, 0) is 10.0 Å². The molecule has 0 saturated heterocycles. The van der Waals surface area contributed by atoms with Crippen molar-refractivity contribution in [2.24, 2.45) is 5.14 Å². The summed E-state index contributed by atoms with van der Waals surface area (Å²) in [5.74, 6) is 1.00. The van der Waals surface area contributed by atoms with Crippen LogP contribution in [0.15, 0.2) is 28.0 Å². The summed E-state index contributed by atoms with van der Waals surface area (Å²) in [5.41, 5.74) is 5.85. The summed E-state index contributed by atoms with van der Waals surface area (Å²) in [6.45, 7) is 2.12. The van der Waals surface area contributed by atoms with E-state index in [2.05, 4.69) is 6.92 Å². The van der Waals surface area contributed by atoms with Crippen LogP contribution in [0.1, 0.15) is 19.8 Å². The number of rotatable bonds is 5. The molecule has 0 aliphatic heterocycles. The van der Waals surface area contributed by atoms with E-state index in [-0.39, 0.29) is 10.6 Å². The van der Waals surface area contributed by atoms with Crippen molar-refractivity contribution < 1.29 is 8.42 Å². The van der Waals surface area contributed by atoms with E-state index >= 15 is 0 Å². The number of nitrogens with two attached hydrogens (primary N) is 2. The molecule has 0 bridgehead atoms. The van der Waals surface area contributed by atoms with E-state index in [4.69, 9.17) is 10.9 Å². The molecule has 0 amide bonds. The molecule has 6 heteroatoms. The van der Waals surface area contributed by atoms with E-state index in [1.165, 1.54) is 6.07 Å². The number of hydrogen-bond acceptors (Lipinski definition) is 4. The van der Waals surface area contributed by atoms with Gasteiger partial charge in [-0.3, -0.25) is 0 Å². The fourth-order valence-electron chi connectivity index (χ4n) is 1.21. The molecule has 0 atom stereocenters. The molecule has 1 aromatic carbocycles. The fourth-order valence-corrected chi connectivity index (χ4v) is 2.90. The second kappa shape index (κ2) is 5.56. The van der Waals surface area contributed by atoms with E-state index in [0.29, 0.717) is 0 Å². The fraction of sp³-hybridized carbons (Fsp3) is 0.400. The summed E-state index contributed by atoms with van der Waals surface area (Å²) in [5, 5.41) is 5.01. The van der Waals surface area contributed by atoms with Gasteiger partial charge in [-0.1, -0.05) is 13.3 Å². The Morgan fingerprint density at radius 2 is 2.06 bits per heavy atom. The van der Waals surface area contributed by atoms with E-state index < -0.39 is 10.0 Å². The summed E-state index contributed by atoms with van der Waals surface area (Å²) < 4.78 is 22.2. The second-order valence-corrected chi connectivity index (χ2v) is 6.14. The SMILES string of the molecule is CCCCSc1ccc(S(N)(=O)=O)c(N)c1. The van der Waals surface area contributed by atoms with Gasteiger partial charge in [-0.25, -0.2) is 13.6 Å². The molecule has 4 nitrogen and oxygen atoms in total. The highest BCUT2D eigenvalue weighted by Crippen LogP contribution is 2.25. The summed E-state index contributed by atoms with van der Waals surface area (Å²) in [4.78, 5) is 0.964. The first kappa shape index (κ1) is 13.3. The predicted octanol–water partition coefficient (Wildman–Crippen LogP) is 1.81. The van der Waals surface area contributed by atoms with Gasteiger partial charge in [0.05, 0.1) is 5.69 Å². The Morgan fingerprint density at radius 3 is 2.56 bits per heavy atom. The molecule has 0 aromatic heterocycles. The zero-order valence-corrected chi connectivity index (χ0v) is 10.8. The van der Waals surface area contributed by atoms with Crippen molar-refractivity contribution in [2.75, 3.05) is 11.5 Å². The van der Waals surface area contributed by atoms with Gasteiger partial charge in [0.25, 0.3) is 0 Å². The number of anilines is 1. The van der Waals surface area contributed by atoms with Gasteiger partial charge in [-0.2, -0.15) is 0 Å². The van der Waals surface area contributed by atoms with E-state index in [1.807, 2.05) is 0 Å². The van der Waals surface area contributed by atoms with Crippen molar-refractivity contribution in [1.82, 2.24) is 0 Å². The lowest BCUT2D eigenvalue weighted by molar-refractivity contribution is 0.598. The molecular formula is C10H16N2O2S2. The lowest BCUT2D eigenvalue weighted by Gasteiger charge is -2.06.